The molecule has 0 saturated carbocycles. The summed E-state index contributed by atoms with van der Waals surface area (Å²) in [5.41, 5.74) is 4.17. The molecule has 0 aliphatic carbocycles. The van der Waals surface area contributed by atoms with Crippen molar-refractivity contribution in [2.45, 2.75) is 25.9 Å². The number of anilines is 1. The van der Waals surface area contributed by atoms with E-state index in [4.69, 9.17) is 11.6 Å². The number of rotatable bonds is 7. The van der Waals surface area contributed by atoms with E-state index in [1.165, 1.54) is 0 Å². The third-order valence-corrected chi connectivity index (χ3v) is 5.93. The van der Waals surface area contributed by atoms with Crippen molar-refractivity contribution in [1.29, 1.82) is 0 Å². The van der Waals surface area contributed by atoms with Crippen molar-refractivity contribution in [3.05, 3.63) is 95.3 Å². The van der Waals surface area contributed by atoms with Gasteiger partial charge < -0.3 is 14.8 Å². The normalized spacial score (nSPS) is 11.8. The van der Waals surface area contributed by atoms with Gasteiger partial charge in [0.15, 0.2) is 0 Å². The van der Waals surface area contributed by atoms with Crippen molar-refractivity contribution in [1.82, 2.24) is 14.9 Å². The number of aryl methyl sites for hydroxylation is 1. The molecule has 0 spiro atoms. The number of carbonyl (C=O) groups is 2. The molecule has 3 aromatic carbocycles. The fourth-order valence-corrected chi connectivity index (χ4v) is 4.12. The SMILES string of the molecule is Cc1ccc(Cl)c2c1ncn2CC(=O)N[C@@H](Cc1ccccc1)C(=O)N(C)c1ccccc1. The first-order chi connectivity index (χ1) is 15.9. The number of nitrogens with one attached hydrogen (secondary N) is 1. The van der Waals surface area contributed by atoms with Crippen LogP contribution < -0.4 is 10.2 Å². The predicted molar refractivity (Wildman–Crippen MR) is 131 cm³/mol. The molecule has 0 bridgehead atoms. The topological polar surface area (TPSA) is 67.2 Å². The van der Waals surface area contributed by atoms with E-state index in [-0.39, 0.29) is 18.4 Å². The van der Waals surface area contributed by atoms with Crippen LogP contribution in [0.25, 0.3) is 11.0 Å². The van der Waals surface area contributed by atoms with Gasteiger partial charge in [0.05, 0.1) is 22.4 Å². The monoisotopic (exact) mass is 460 g/mol. The average Bonchev–Trinajstić information content (AvgIpc) is 3.26. The fourth-order valence-electron chi connectivity index (χ4n) is 3.85. The maximum absolute atomic E-state index is 13.4. The van der Waals surface area contributed by atoms with Gasteiger partial charge in [-0.25, -0.2) is 4.98 Å². The molecule has 7 heteroatoms. The molecule has 4 aromatic rings. The second-order valence-corrected chi connectivity index (χ2v) is 8.38. The Morgan fingerprint density at radius 2 is 1.70 bits per heavy atom. The first-order valence-electron chi connectivity index (χ1n) is 10.7. The standard InChI is InChI=1S/C26H25ClN4O2/c1-18-13-14-21(27)25-24(18)28-17-31(25)16-23(32)29-22(15-19-9-5-3-6-10-19)26(33)30(2)20-11-7-4-8-12-20/h3-14,17,22H,15-16H2,1-2H3,(H,29,32)/t22-/m0/s1. The van der Waals surface area contributed by atoms with E-state index < -0.39 is 6.04 Å². The van der Waals surface area contributed by atoms with Crippen LogP contribution in [-0.2, 0) is 22.6 Å². The number of likely N-dealkylation sites (N-methyl/N-ethyl adjacent to an activating group) is 1. The van der Waals surface area contributed by atoms with Crippen LogP contribution in [0.4, 0.5) is 5.69 Å². The van der Waals surface area contributed by atoms with Crippen molar-refractivity contribution in [2.75, 3.05) is 11.9 Å². The zero-order valence-electron chi connectivity index (χ0n) is 18.5. The highest BCUT2D eigenvalue weighted by molar-refractivity contribution is 6.35. The summed E-state index contributed by atoms with van der Waals surface area (Å²) in [6.45, 7) is 1.96. The molecule has 6 nitrogen and oxygen atoms in total. The van der Waals surface area contributed by atoms with E-state index in [1.54, 1.807) is 28.9 Å². The molecule has 168 valence electrons. The van der Waals surface area contributed by atoms with Crippen LogP contribution in [0.2, 0.25) is 5.02 Å². The van der Waals surface area contributed by atoms with Crippen molar-refractivity contribution < 1.29 is 9.59 Å². The summed E-state index contributed by atoms with van der Waals surface area (Å²) in [6.07, 6.45) is 1.99. The quantitative estimate of drug-likeness (QED) is 0.445. The molecule has 0 saturated heterocycles. The zero-order valence-corrected chi connectivity index (χ0v) is 19.3. The summed E-state index contributed by atoms with van der Waals surface area (Å²) in [6, 6.07) is 22.0. The van der Waals surface area contributed by atoms with E-state index in [0.717, 1.165) is 22.3 Å². The highest BCUT2D eigenvalue weighted by Crippen LogP contribution is 2.25. The Morgan fingerprint density at radius 1 is 1.03 bits per heavy atom. The minimum Gasteiger partial charge on any atom is -0.342 e. The van der Waals surface area contributed by atoms with Crippen LogP contribution >= 0.6 is 11.6 Å². The van der Waals surface area contributed by atoms with Gasteiger partial charge in [-0.2, -0.15) is 0 Å². The highest BCUT2D eigenvalue weighted by Gasteiger charge is 2.25. The lowest BCUT2D eigenvalue weighted by atomic mass is 10.0. The molecule has 1 atom stereocenters. The third kappa shape index (κ3) is 5.07. The molecular formula is C26H25ClN4O2. The smallest absolute Gasteiger partial charge is 0.249 e. The largest absolute Gasteiger partial charge is 0.342 e. The van der Waals surface area contributed by atoms with Crippen molar-refractivity contribution in [2.24, 2.45) is 0 Å². The molecule has 2 amide bonds. The molecule has 4 rings (SSSR count). The molecule has 0 fully saturated rings. The number of imidazole rings is 1. The van der Waals surface area contributed by atoms with Gasteiger partial charge in [-0.15, -0.1) is 0 Å². The highest BCUT2D eigenvalue weighted by atomic mass is 35.5. The number of para-hydroxylation sites is 1. The summed E-state index contributed by atoms with van der Waals surface area (Å²) in [4.78, 5) is 32.4. The maximum Gasteiger partial charge on any atom is 0.249 e. The van der Waals surface area contributed by atoms with E-state index >= 15 is 0 Å². The van der Waals surface area contributed by atoms with Gasteiger partial charge >= 0.3 is 0 Å². The number of amides is 2. The van der Waals surface area contributed by atoms with Gasteiger partial charge in [-0.05, 0) is 36.2 Å². The molecular weight excluding hydrogens is 436 g/mol. The van der Waals surface area contributed by atoms with Gasteiger partial charge in [-0.3, -0.25) is 9.59 Å². The molecule has 0 aliphatic rings. The van der Waals surface area contributed by atoms with Gasteiger partial charge in [0.25, 0.3) is 0 Å². The lowest BCUT2D eigenvalue weighted by Gasteiger charge is -2.25. The van der Waals surface area contributed by atoms with Crippen molar-refractivity contribution in [3.8, 4) is 0 Å². The van der Waals surface area contributed by atoms with Crippen LogP contribution in [0.15, 0.2) is 79.1 Å². The van der Waals surface area contributed by atoms with Gasteiger partial charge in [0.2, 0.25) is 11.8 Å². The molecule has 0 radical (unpaired) electrons. The Labute approximate surface area is 197 Å². The fraction of sp³-hybridized carbons (Fsp3) is 0.192. The summed E-state index contributed by atoms with van der Waals surface area (Å²) < 4.78 is 1.71. The molecule has 0 unspecified atom stereocenters. The van der Waals surface area contributed by atoms with E-state index in [9.17, 15) is 9.59 Å². The second kappa shape index (κ2) is 9.88. The van der Waals surface area contributed by atoms with Crippen LogP contribution in [0.1, 0.15) is 11.1 Å². The van der Waals surface area contributed by atoms with E-state index in [0.29, 0.717) is 17.0 Å². The van der Waals surface area contributed by atoms with Crippen LogP contribution in [0.5, 0.6) is 0 Å². The van der Waals surface area contributed by atoms with Gasteiger partial charge in [0.1, 0.15) is 12.6 Å². The van der Waals surface area contributed by atoms with Crippen molar-refractivity contribution >= 4 is 40.1 Å². The maximum atomic E-state index is 13.4. The lowest BCUT2D eigenvalue weighted by Crippen LogP contribution is -2.49. The molecule has 1 aromatic heterocycles. The minimum absolute atomic E-state index is 0.00724. The number of aromatic nitrogens is 2. The first kappa shape index (κ1) is 22.6. The summed E-state index contributed by atoms with van der Waals surface area (Å²) >= 11 is 6.38. The van der Waals surface area contributed by atoms with Crippen LogP contribution in [-0.4, -0.2) is 34.5 Å². The number of nitrogens with zero attached hydrogens (tertiary/aromatic N) is 3. The lowest BCUT2D eigenvalue weighted by molar-refractivity contribution is -0.127. The Morgan fingerprint density at radius 3 is 2.39 bits per heavy atom. The second-order valence-electron chi connectivity index (χ2n) is 7.98. The Balaban J connectivity index is 1.56. The average molecular weight is 461 g/mol. The van der Waals surface area contributed by atoms with E-state index in [2.05, 4.69) is 10.3 Å². The number of hydrogen-bond acceptors (Lipinski definition) is 3. The summed E-state index contributed by atoms with van der Waals surface area (Å²) in [5, 5.41) is 3.46. The van der Waals surface area contributed by atoms with Gasteiger partial charge in [-0.1, -0.05) is 66.2 Å². The predicted octanol–water partition coefficient (Wildman–Crippen LogP) is 4.39. The first-order valence-corrected chi connectivity index (χ1v) is 11.1. The number of fused-ring (bicyclic) bond motifs is 1. The number of halogens is 1. The van der Waals surface area contributed by atoms with Gasteiger partial charge in [0, 0.05) is 19.2 Å². The summed E-state index contributed by atoms with van der Waals surface area (Å²) in [5.74, 6) is -0.481. The minimum atomic E-state index is -0.725. The van der Waals surface area contributed by atoms with Crippen molar-refractivity contribution in [3.63, 3.8) is 0 Å². The molecule has 1 N–H and O–H groups in total. The summed E-state index contributed by atoms with van der Waals surface area (Å²) in [7, 11) is 1.72. The Bertz CT molecular complexity index is 1270. The van der Waals surface area contributed by atoms with Crippen LogP contribution in [0.3, 0.4) is 0 Å². The molecule has 33 heavy (non-hydrogen) atoms. The number of carbonyl (C=O) groups excluding carboxylic acids is 2. The zero-order chi connectivity index (χ0) is 23.4. The third-order valence-electron chi connectivity index (χ3n) is 5.62. The number of benzene rings is 3. The number of hydrogen-bond donors (Lipinski definition) is 1. The van der Waals surface area contributed by atoms with E-state index in [1.807, 2.05) is 73.7 Å². The molecule has 0 aliphatic heterocycles. The Kier molecular flexibility index (Phi) is 6.75. The van der Waals surface area contributed by atoms with Crippen LogP contribution in [0, 0.1) is 6.92 Å². The molecule has 1 heterocycles. The Hall–Kier alpha value is -3.64.